The first kappa shape index (κ1) is 24.4. The van der Waals surface area contributed by atoms with E-state index in [2.05, 4.69) is 19.9 Å². The Hall–Kier alpha value is -3.77. The molecule has 0 aliphatic carbocycles. The fourth-order valence-electron chi connectivity index (χ4n) is 3.61. The maximum Gasteiger partial charge on any atom is 0.319 e. The molecule has 35 heavy (non-hydrogen) atoms. The molecule has 8 nitrogen and oxygen atoms in total. The van der Waals surface area contributed by atoms with Crippen LogP contribution >= 0.6 is 0 Å². The third-order valence-corrected chi connectivity index (χ3v) is 5.27. The summed E-state index contributed by atoms with van der Waals surface area (Å²) in [6.45, 7) is 0.545. The molecule has 0 N–H and O–H groups in total. The predicted molar refractivity (Wildman–Crippen MR) is 114 cm³/mol. The normalized spacial score (nSPS) is 17.1. The number of methoxy groups -OCH3 is 2. The van der Waals surface area contributed by atoms with E-state index >= 15 is 0 Å². The lowest BCUT2D eigenvalue weighted by Gasteiger charge is -2.19. The van der Waals surface area contributed by atoms with Crippen molar-refractivity contribution in [3.8, 4) is 28.9 Å². The fraction of sp³-hybridized carbons (Fsp3) is 0.364. The molecule has 2 aromatic heterocycles. The van der Waals surface area contributed by atoms with Gasteiger partial charge in [0.05, 0.1) is 44.1 Å². The number of anilines is 1. The van der Waals surface area contributed by atoms with Crippen molar-refractivity contribution in [2.75, 3.05) is 32.2 Å². The van der Waals surface area contributed by atoms with Gasteiger partial charge < -0.3 is 19.1 Å². The SMILES string of the molecule is COc1ncc(-c2cc(N3C[C@H](Oc4ccc(F)c(C(F)F)c4)C(F)(F)C3)nc(C)n2)c(OC)n1. The average molecular weight is 497 g/mol. The second kappa shape index (κ2) is 9.47. The molecule has 1 aliphatic rings. The lowest BCUT2D eigenvalue weighted by atomic mass is 10.2. The molecule has 1 aromatic carbocycles. The summed E-state index contributed by atoms with van der Waals surface area (Å²) < 4.78 is 84.7. The van der Waals surface area contributed by atoms with E-state index in [9.17, 15) is 22.0 Å². The van der Waals surface area contributed by atoms with Crippen LogP contribution in [0.1, 0.15) is 17.8 Å². The number of aromatic nitrogens is 4. The smallest absolute Gasteiger partial charge is 0.319 e. The summed E-state index contributed by atoms with van der Waals surface area (Å²) in [5, 5.41) is 0. The molecule has 1 saturated heterocycles. The van der Waals surface area contributed by atoms with Gasteiger partial charge in [-0.3, -0.25) is 0 Å². The van der Waals surface area contributed by atoms with Crippen LogP contribution in [0.25, 0.3) is 11.3 Å². The zero-order chi connectivity index (χ0) is 25.3. The number of hydrogen-bond acceptors (Lipinski definition) is 8. The summed E-state index contributed by atoms with van der Waals surface area (Å²) in [6.07, 6.45) is -3.37. The van der Waals surface area contributed by atoms with E-state index in [4.69, 9.17) is 14.2 Å². The minimum Gasteiger partial charge on any atom is -0.482 e. The van der Waals surface area contributed by atoms with Gasteiger partial charge in [0.1, 0.15) is 23.2 Å². The number of halogens is 5. The van der Waals surface area contributed by atoms with Crippen LogP contribution in [0, 0.1) is 12.7 Å². The van der Waals surface area contributed by atoms with Gasteiger partial charge in [-0.05, 0) is 25.1 Å². The lowest BCUT2D eigenvalue weighted by molar-refractivity contribution is -0.0595. The highest BCUT2D eigenvalue weighted by Crippen LogP contribution is 2.36. The van der Waals surface area contributed by atoms with Crippen LogP contribution in [0.5, 0.6) is 17.6 Å². The quantitative estimate of drug-likeness (QED) is 0.449. The minimum atomic E-state index is -3.35. The van der Waals surface area contributed by atoms with Crippen molar-refractivity contribution in [1.29, 1.82) is 0 Å². The Morgan fingerprint density at radius 3 is 2.54 bits per heavy atom. The van der Waals surface area contributed by atoms with Crippen molar-refractivity contribution in [3.63, 3.8) is 0 Å². The summed E-state index contributed by atoms with van der Waals surface area (Å²) in [5.74, 6) is -4.13. The van der Waals surface area contributed by atoms with Gasteiger partial charge in [0.25, 0.3) is 6.43 Å². The van der Waals surface area contributed by atoms with E-state index in [0.29, 0.717) is 17.1 Å². The highest BCUT2D eigenvalue weighted by Gasteiger charge is 2.50. The predicted octanol–water partition coefficient (Wildman–Crippen LogP) is 4.24. The molecular formula is C22H20F5N5O3. The number of ether oxygens (including phenoxy) is 3. The number of benzene rings is 1. The largest absolute Gasteiger partial charge is 0.482 e. The first-order chi connectivity index (χ1) is 16.6. The average Bonchev–Trinajstić information content (AvgIpc) is 3.13. The van der Waals surface area contributed by atoms with Crippen molar-refractivity contribution >= 4 is 5.82 Å². The van der Waals surface area contributed by atoms with Gasteiger partial charge in [-0.25, -0.2) is 36.9 Å². The van der Waals surface area contributed by atoms with Crippen molar-refractivity contribution in [3.05, 3.63) is 47.7 Å². The van der Waals surface area contributed by atoms with Crippen LogP contribution in [0.2, 0.25) is 0 Å². The van der Waals surface area contributed by atoms with Gasteiger partial charge in [-0.15, -0.1) is 0 Å². The molecule has 0 amide bonds. The first-order valence-electron chi connectivity index (χ1n) is 10.3. The Bertz CT molecular complexity index is 1230. The van der Waals surface area contributed by atoms with Crippen molar-refractivity contribution in [1.82, 2.24) is 19.9 Å². The number of hydrogen-bond donors (Lipinski definition) is 0. The Morgan fingerprint density at radius 1 is 1.09 bits per heavy atom. The Labute approximate surface area is 196 Å². The highest BCUT2D eigenvalue weighted by molar-refractivity contribution is 5.67. The molecule has 1 fully saturated rings. The molecule has 3 heterocycles. The monoisotopic (exact) mass is 497 g/mol. The molecule has 4 rings (SSSR count). The fourth-order valence-corrected chi connectivity index (χ4v) is 3.61. The third-order valence-electron chi connectivity index (χ3n) is 5.27. The van der Waals surface area contributed by atoms with Gasteiger partial charge >= 0.3 is 11.9 Å². The summed E-state index contributed by atoms with van der Waals surface area (Å²) in [7, 11) is 2.80. The van der Waals surface area contributed by atoms with Gasteiger partial charge in [-0.2, -0.15) is 4.98 Å². The molecule has 1 atom stereocenters. The van der Waals surface area contributed by atoms with E-state index in [1.165, 1.54) is 31.4 Å². The van der Waals surface area contributed by atoms with Gasteiger partial charge in [0, 0.05) is 12.3 Å². The molecule has 13 heteroatoms. The molecule has 0 unspecified atom stereocenters. The maximum absolute atomic E-state index is 14.8. The second-order valence-electron chi connectivity index (χ2n) is 7.67. The van der Waals surface area contributed by atoms with Crippen molar-refractivity contribution in [2.45, 2.75) is 25.4 Å². The van der Waals surface area contributed by atoms with E-state index in [1.807, 2.05) is 0 Å². The van der Waals surface area contributed by atoms with E-state index < -0.39 is 36.4 Å². The Balaban J connectivity index is 1.61. The number of nitrogens with zero attached hydrogens (tertiary/aromatic N) is 5. The van der Waals surface area contributed by atoms with E-state index in [-0.39, 0.29) is 30.0 Å². The van der Waals surface area contributed by atoms with Crippen LogP contribution in [-0.4, -0.2) is 59.3 Å². The minimum absolute atomic E-state index is 0.0755. The summed E-state index contributed by atoms with van der Waals surface area (Å²) in [5.41, 5.74) is -0.197. The molecular weight excluding hydrogens is 477 g/mol. The molecule has 0 bridgehead atoms. The number of alkyl halides is 4. The van der Waals surface area contributed by atoms with Crippen LogP contribution in [0.3, 0.4) is 0 Å². The van der Waals surface area contributed by atoms with Crippen LogP contribution in [0.15, 0.2) is 30.5 Å². The van der Waals surface area contributed by atoms with Crippen molar-refractivity contribution < 1.29 is 36.2 Å². The van der Waals surface area contributed by atoms with Gasteiger partial charge in [-0.1, -0.05) is 0 Å². The summed E-state index contributed by atoms with van der Waals surface area (Å²) in [4.78, 5) is 18.0. The molecule has 0 saturated carbocycles. The first-order valence-corrected chi connectivity index (χ1v) is 10.3. The lowest BCUT2D eigenvalue weighted by Crippen LogP contribution is -2.36. The van der Waals surface area contributed by atoms with Gasteiger partial charge in [0.2, 0.25) is 5.88 Å². The standard InChI is InChI=1S/C22H20F5N5O3/c1-11-29-16(14-8-28-21(34-3)31-20(14)33-2)7-18(30-11)32-9-17(22(26,27)10-32)35-12-4-5-15(23)13(6-12)19(24)25/h4-8,17,19H,9-10H2,1-3H3/t17-/m0/s1. The number of aryl methyl sites for hydroxylation is 1. The number of rotatable bonds is 7. The molecule has 3 aromatic rings. The van der Waals surface area contributed by atoms with Crippen LogP contribution in [-0.2, 0) is 0 Å². The van der Waals surface area contributed by atoms with Crippen molar-refractivity contribution in [2.24, 2.45) is 0 Å². The molecule has 1 aliphatic heterocycles. The molecule has 186 valence electrons. The summed E-state index contributed by atoms with van der Waals surface area (Å²) in [6, 6.07) is 4.06. The topological polar surface area (TPSA) is 82.5 Å². The zero-order valence-electron chi connectivity index (χ0n) is 18.8. The maximum atomic E-state index is 14.8. The third kappa shape index (κ3) is 5.03. The summed E-state index contributed by atoms with van der Waals surface area (Å²) >= 11 is 0. The zero-order valence-corrected chi connectivity index (χ0v) is 18.8. The van der Waals surface area contributed by atoms with E-state index in [0.717, 1.165) is 18.2 Å². The molecule has 0 spiro atoms. The Kier molecular flexibility index (Phi) is 6.59. The second-order valence-corrected chi connectivity index (χ2v) is 7.67. The van der Waals surface area contributed by atoms with E-state index in [1.54, 1.807) is 6.92 Å². The van der Waals surface area contributed by atoms with Gasteiger partial charge in [0.15, 0.2) is 6.10 Å². The Morgan fingerprint density at radius 2 is 1.86 bits per heavy atom. The highest BCUT2D eigenvalue weighted by atomic mass is 19.3. The molecule has 0 radical (unpaired) electrons. The van der Waals surface area contributed by atoms with Crippen LogP contribution < -0.4 is 19.1 Å². The van der Waals surface area contributed by atoms with Crippen LogP contribution in [0.4, 0.5) is 27.8 Å².